The molecule has 1 aromatic heterocycles. The van der Waals surface area contributed by atoms with Crippen molar-refractivity contribution in [1.82, 2.24) is 4.73 Å². The van der Waals surface area contributed by atoms with Gasteiger partial charge in [0.25, 0.3) is 0 Å². The fourth-order valence-electron chi connectivity index (χ4n) is 4.01. The van der Waals surface area contributed by atoms with Crippen LogP contribution < -0.4 is 19.0 Å². The first-order valence-corrected chi connectivity index (χ1v) is 11.9. The predicted octanol–water partition coefficient (Wildman–Crippen LogP) is 4.02. The number of carbonyl (C=O) groups is 1. The van der Waals surface area contributed by atoms with Gasteiger partial charge in [-0.25, -0.2) is 4.79 Å². The molecule has 0 fully saturated rings. The van der Waals surface area contributed by atoms with Crippen LogP contribution in [0.4, 0.5) is 0 Å². The third-order valence-corrected chi connectivity index (χ3v) is 6.07. The molecule has 0 unspecified atom stereocenters. The van der Waals surface area contributed by atoms with E-state index in [1.54, 1.807) is 62.8 Å². The molecule has 0 bridgehead atoms. The molecule has 9 nitrogen and oxygen atoms in total. The maximum atomic E-state index is 12.1. The van der Waals surface area contributed by atoms with E-state index in [1.807, 2.05) is 24.3 Å². The molecule has 4 aromatic rings. The number of hydrogen-bond donors (Lipinski definition) is 3. The van der Waals surface area contributed by atoms with Gasteiger partial charge in [0.2, 0.25) is 11.8 Å². The Hall–Kier alpha value is -4.63. The number of carbonyl (C=O) groups excluding carboxylic acids is 1. The van der Waals surface area contributed by atoms with E-state index in [1.165, 1.54) is 12.1 Å². The number of ether oxygens (including phenoxy) is 3. The summed E-state index contributed by atoms with van der Waals surface area (Å²) in [4.78, 5) is 16.9. The van der Waals surface area contributed by atoms with Gasteiger partial charge in [0.05, 0.1) is 27.2 Å². The van der Waals surface area contributed by atoms with E-state index in [0.717, 1.165) is 0 Å². The van der Waals surface area contributed by atoms with E-state index in [2.05, 4.69) is 0 Å². The molecule has 3 aromatic carbocycles. The summed E-state index contributed by atoms with van der Waals surface area (Å²) in [5, 5.41) is 31.1. The van der Waals surface area contributed by atoms with Crippen molar-refractivity contribution >= 4 is 5.97 Å². The zero-order valence-corrected chi connectivity index (χ0v) is 21.0. The number of nitrogens with zero attached hydrogens (tertiary/aromatic N) is 1. The van der Waals surface area contributed by atoms with Crippen LogP contribution in [-0.4, -0.2) is 46.8 Å². The number of aliphatic hydroxyl groups is 1. The van der Waals surface area contributed by atoms with Gasteiger partial charge in [0.1, 0.15) is 22.8 Å². The molecule has 0 aliphatic rings. The minimum absolute atomic E-state index is 0.0177. The Morgan fingerprint density at radius 3 is 1.55 bits per heavy atom. The summed E-state index contributed by atoms with van der Waals surface area (Å²) < 4.78 is 16.9. The smallest absolute Gasteiger partial charge is 0.333 e. The lowest BCUT2D eigenvalue weighted by molar-refractivity contribution is -0.145. The van der Waals surface area contributed by atoms with Crippen LogP contribution in [-0.2, 0) is 10.4 Å². The molecule has 0 amide bonds. The van der Waals surface area contributed by atoms with Gasteiger partial charge in [0.15, 0.2) is 0 Å². The molecular formula is C29H29NO8. The van der Waals surface area contributed by atoms with Gasteiger partial charge in [-0.3, -0.25) is 0 Å². The highest BCUT2D eigenvalue weighted by atomic mass is 16.7. The van der Waals surface area contributed by atoms with Crippen LogP contribution in [0.5, 0.6) is 29.0 Å². The summed E-state index contributed by atoms with van der Waals surface area (Å²) in [5.74, 6) is 0.540. The molecular weight excluding hydrogens is 490 g/mol. The Labute approximate surface area is 220 Å². The van der Waals surface area contributed by atoms with Crippen LogP contribution in [0.2, 0.25) is 0 Å². The number of aromatic hydroxyl groups is 2. The fraction of sp³-hybridized carbons (Fsp3) is 0.207. The fourth-order valence-corrected chi connectivity index (χ4v) is 4.01. The predicted molar refractivity (Wildman–Crippen MR) is 139 cm³/mol. The molecule has 9 heteroatoms. The normalized spacial score (nSPS) is 11.1. The largest absolute Gasteiger partial charge is 0.497 e. The molecule has 198 valence electrons. The highest BCUT2D eigenvalue weighted by Crippen LogP contribution is 2.38. The van der Waals surface area contributed by atoms with Gasteiger partial charge in [0, 0.05) is 12.1 Å². The van der Waals surface area contributed by atoms with E-state index in [0.29, 0.717) is 45.1 Å². The van der Waals surface area contributed by atoms with Gasteiger partial charge >= 0.3 is 5.97 Å². The van der Waals surface area contributed by atoms with Crippen molar-refractivity contribution in [2.24, 2.45) is 0 Å². The van der Waals surface area contributed by atoms with E-state index in [9.17, 15) is 20.1 Å². The highest BCUT2D eigenvalue weighted by Gasteiger charge is 2.34. The second kappa shape index (κ2) is 11.6. The number of hydrogen-bond acceptors (Lipinski definition) is 8. The Balaban J connectivity index is 1.44. The van der Waals surface area contributed by atoms with E-state index in [-0.39, 0.29) is 24.8 Å². The lowest BCUT2D eigenvalue weighted by atomic mass is 9.80. The van der Waals surface area contributed by atoms with Crippen LogP contribution in [0.25, 0.3) is 0 Å². The SMILES string of the molecule is COc1ccc(C(O)(c2ccc(OC)cc2)c2ccc(OCCCC(=O)On3c(O)ccc3O)cc2)cc1. The molecule has 38 heavy (non-hydrogen) atoms. The van der Waals surface area contributed by atoms with Crippen LogP contribution >= 0.6 is 0 Å². The number of aromatic nitrogens is 1. The molecule has 1 heterocycles. The summed E-state index contributed by atoms with van der Waals surface area (Å²) in [6.45, 7) is 0.235. The van der Waals surface area contributed by atoms with Crippen LogP contribution in [0.15, 0.2) is 84.9 Å². The van der Waals surface area contributed by atoms with Crippen molar-refractivity contribution in [2.75, 3.05) is 20.8 Å². The van der Waals surface area contributed by atoms with Crippen molar-refractivity contribution in [3.63, 3.8) is 0 Å². The summed E-state index contributed by atoms with van der Waals surface area (Å²) >= 11 is 0. The molecule has 0 saturated heterocycles. The van der Waals surface area contributed by atoms with Gasteiger partial charge in [-0.1, -0.05) is 36.4 Å². The summed E-state index contributed by atoms with van der Waals surface area (Å²) in [6, 6.07) is 24.0. The summed E-state index contributed by atoms with van der Waals surface area (Å²) in [7, 11) is 3.18. The standard InChI is InChI=1S/C29H29NO8/c1-35-23-11-5-20(6-12-23)29(34,21-7-13-24(36-2)14-8-21)22-9-15-25(16-10-22)37-19-3-4-28(33)38-30-26(31)17-18-27(30)32/h5-18,31-32,34H,3-4,19H2,1-2H3. The molecule has 0 radical (unpaired) electrons. The average molecular weight is 520 g/mol. The van der Waals surface area contributed by atoms with Crippen molar-refractivity contribution in [1.29, 1.82) is 0 Å². The summed E-state index contributed by atoms with van der Waals surface area (Å²) in [6.07, 6.45) is 0.370. The number of benzene rings is 3. The van der Waals surface area contributed by atoms with Gasteiger partial charge < -0.3 is 34.4 Å². The van der Waals surface area contributed by atoms with Crippen molar-refractivity contribution in [2.45, 2.75) is 18.4 Å². The number of rotatable bonds is 11. The average Bonchev–Trinajstić information content (AvgIpc) is 3.27. The van der Waals surface area contributed by atoms with Gasteiger partial charge in [-0.2, -0.15) is 0 Å². The maximum absolute atomic E-state index is 12.1. The molecule has 0 aliphatic carbocycles. The lowest BCUT2D eigenvalue weighted by Crippen LogP contribution is -2.28. The first-order chi connectivity index (χ1) is 18.3. The molecule has 0 aliphatic heterocycles. The Morgan fingerprint density at radius 2 is 1.13 bits per heavy atom. The lowest BCUT2D eigenvalue weighted by Gasteiger charge is -2.30. The number of methoxy groups -OCH3 is 2. The van der Waals surface area contributed by atoms with Gasteiger partial charge in [-0.05, 0) is 59.5 Å². The Kier molecular flexibility index (Phi) is 8.08. The van der Waals surface area contributed by atoms with Crippen LogP contribution in [0, 0.1) is 0 Å². The maximum Gasteiger partial charge on any atom is 0.333 e. The first kappa shape index (κ1) is 26.4. The molecule has 0 spiro atoms. The van der Waals surface area contributed by atoms with Crippen molar-refractivity contribution in [3.05, 3.63) is 102 Å². The third kappa shape index (κ3) is 5.68. The molecule has 3 N–H and O–H groups in total. The van der Waals surface area contributed by atoms with Crippen LogP contribution in [0.1, 0.15) is 29.5 Å². The highest BCUT2D eigenvalue weighted by molar-refractivity contribution is 5.69. The second-order valence-corrected chi connectivity index (χ2v) is 8.45. The zero-order valence-electron chi connectivity index (χ0n) is 21.0. The zero-order chi connectivity index (χ0) is 27.1. The molecule has 4 rings (SSSR count). The third-order valence-electron chi connectivity index (χ3n) is 6.07. The minimum atomic E-state index is -1.45. The van der Waals surface area contributed by atoms with Crippen molar-refractivity contribution in [3.8, 4) is 29.0 Å². The molecule has 0 atom stereocenters. The first-order valence-electron chi connectivity index (χ1n) is 11.9. The Bertz CT molecular complexity index is 1280. The quantitative estimate of drug-likeness (QED) is 0.201. The summed E-state index contributed by atoms with van der Waals surface area (Å²) in [5.41, 5.74) is 0.511. The molecule has 0 saturated carbocycles. The van der Waals surface area contributed by atoms with Crippen molar-refractivity contribution < 1.29 is 39.2 Å². The van der Waals surface area contributed by atoms with E-state index in [4.69, 9.17) is 19.0 Å². The minimum Gasteiger partial charge on any atom is -0.497 e. The topological polar surface area (TPSA) is 120 Å². The van der Waals surface area contributed by atoms with E-state index < -0.39 is 11.6 Å². The van der Waals surface area contributed by atoms with Crippen LogP contribution in [0.3, 0.4) is 0 Å². The Morgan fingerprint density at radius 1 is 0.711 bits per heavy atom. The monoisotopic (exact) mass is 519 g/mol. The second-order valence-electron chi connectivity index (χ2n) is 8.45. The van der Waals surface area contributed by atoms with Gasteiger partial charge in [-0.15, -0.1) is 4.73 Å². The van der Waals surface area contributed by atoms with E-state index >= 15 is 0 Å².